The Morgan fingerprint density at radius 3 is 1.85 bits per heavy atom. The molecule has 0 aliphatic heterocycles. The summed E-state index contributed by atoms with van der Waals surface area (Å²) >= 11 is 0. The monoisotopic (exact) mass is 366 g/mol. The van der Waals surface area contributed by atoms with Crippen molar-refractivity contribution in [3.63, 3.8) is 0 Å². The van der Waals surface area contributed by atoms with Crippen molar-refractivity contribution < 1.29 is 0 Å². The van der Waals surface area contributed by atoms with E-state index < -0.39 is 0 Å². The zero-order chi connectivity index (χ0) is 19.5. The summed E-state index contributed by atoms with van der Waals surface area (Å²) in [6.45, 7) is 3.17. The molecular weight excluding hydrogens is 324 g/mol. The molecule has 152 valence electrons. The Balaban J connectivity index is 3.29. The summed E-state index contributed by atoms with van der Waals surface area (Å²) < 4.78 is 0. The lowest BCUT2D eigenvalue weighted by molar-refractivity contribution is 0.433. The van der Waals surface area contributed by atoms with Crippen LogP contribution in [-0.2, 0) is 0 Å². The van der Waals surface area contributed by atoms with Crippen molar-refractivity contribution in [3.05, 3.63) is 12.3 Å². The zero-order valence-corrected chi connectivity index (χ0v) is 16.8. The van der Waals surface area contributed by atoms with Crippen LogP contribution in [0.1, 0.15) is 90.4 Å². The smallest absolute Gasteiger partial charge is 0.190 e. The number of allylic oxidation sites excluding steroid dienone is 1. The number of nitrogens with zero attached hydrogens (tertiary/aromatic N) is 2. The molecule has 0 spiro atoms. The van der Waals surface area contributed by atoms with E-state index in [2.05, 4.69) is 16.9 Å². The van der Waals surface area contributed by atoms with Crippen LogP contribution in [0.3, 0.4) is 0 Å². The highest BCUT2D eigenvalue weighted by molar-refractivity contribution is 5.76. The molecule has 0 rings (SSSR count). The van der Waals surface area contributed by atoms with E-state index >= 15 is 0 Å². The first-order valence-electron chi connectivity index (χ1n) is 10.3. The first kappa shape index (κ1) is 24.3. The highest BCUT2D eigenvalue weighted by Gasteiger charge is 2.02. The number of guanidine groups is 2. The van der Waals surface area contributed by atoms with E-state index in [4.69, 9.17) is 22.9 Å². The maximum absolute atomic E-state index is 5.30. The number of unbranched alkanes of at least 4 members (excludes halogenated alkanes) is 9. The summed E-state index contributed by atoms with van der Waals surface area (Å²) in [4.78, 5) is 7.83. The minimum absolute atomic E-state index is 0.123. The van der Waals surface area contributed by atoms with Gasteiger partial charge in [-0.15, -0.1) is 0 Å². The van der Waals surface area contributed by atoms with E-state index in [1.165, 1.54) is 70.6 Å². The first-order valence-corrected chi connectivity index (χ1v) is 10.3. The van der Waals surface area contributed by atoms with E-state index in [-0.39, 0.29) is 11.9 Å². The molecule has 0 amide bonds. The van der Waals surface area contributed by atoms with Crippen molar-refractivity contribution in [2.75, 3.05) is 6.54 Å². The second-order valence-electron chi connectivity index (χ2n) is 7.25. The van der Waals surface area contributed by atoms with Crippen molar-refractivity contribution in [3.8, 4) is 0 Å². The van der Waals surface area contributed by atoms with Crippen LogP contribution in [0, 0.1) is 5.92 Å². The van der Waals surface area contributed by atoms with Gasteiger partial charge < -0.3 is 22.9 Å². The molecule has 0 saturated carbocycles. The molecule has 6 nitrogen and oxygen atoms in total. The predicted octanol–water partition coefficient (Wildman–Crippen LogP) is 3.75. The third-order valence-corrected chi connectivity index (χ3v) is 4.55. The average molecular weight is 367 g/mol. The standard InChI is InChI=1S/C20H42N6/c1-18(14-10-6-2-4-8-12-16-25-19(21)22)15-11-7-3-5-9-13-17-26-20(23)24/h12,16,18H,2-11,13-15,17H2,1H3,(H4,21,22,25)(H4,23,24,26)/b16-12+. The van der Waals surface area contributed by atoms with Gasteiger partial charge in [0.15, 0.2) is 11.9 Å². The Hall–Kier alpha value is -1.72. The number of aliphatic imine (C=N–C) groups is 2. The number of rotatable bonds is 17. The summed E-state index contributed by atoms with van der Waals surface area (Å²) in [5.74, 6) is 1.19. The Morgan fingerprint density at radius 1 is 0.731 bits per heavy atom. The molecule has 1 atom stereocenters. The fraction of sp³-hybridized carbons (Fsp3) is 0.800. The fourth-order valence-electron chi connectivity index (χ4n) is 2.99. The first-order chi connectivity index (χ1) is 12.5. The highest BCUT2D eigenvalue weighted by atomic mass is 15.0. The van der Waals surface area contributed by atoms with Crippen LogP contribution in [-0.4, -0.2) is 18.5 Å². The predicted molar refractivity (Wildman–Crippen MR) is 115 cm³/mol. The Morgan fingerprint density at radius 2 is 1.27 bits per heavy atom. The lowest BCUT2D eigenvalue weighted by Crippen LogP contribution is -2.22. The normalized spacial score (nSPS) is 12.2. The average Bonchev–Trinajstić information content (AvgIpc) is 2.58. The summed E-state index contributed by atoms with van der Waals surface area (Å²) in [6, 6.07) is 0. The SMILES string of the molecule is CC(CCCCCC/C=C/N=C(N)N)CCCCCCCCN=C(N)N. The third kappa shape index (κ3) is 20.3. The van der Waals surface area contributed by atoms with Crippen LogP contribution in [0.4, 0.5) is 0 Å². The van der Waals surface area contributed by atoms with Gasteiger partial charge in [0.2, 0.25) is 0 Å². The molecule has 0 fully saturated rings. The van der Waals surface area contributed by atoms with Crippen LogP contribution < -0.4 is 22.9 Å². The summed E-state index contributed by atoms with van der Waals surface area (Å²) in [5.41, 5.74) is 21.1. The van der Waals surface area contributed by atoms with Gasteiger partial charge in [-0.3, -0.25) is 4.99 Å². The maximum atomic E-state index is 5.30. The minimum Gasteiger partial charge on any atom is -0.370 e. The van der Waals surface area contributed by atoms with Crippen molar-refractivity contribution in [2.45, 2.75) is 90.4 Å². The van der Waals surface area contributed by atoms with Gasteiger partial charge in [0, 0.05) is 12.7 Å². The maximum Gasteiger partial charge on any atom is 0.190 e. The molecule has 0 bridgehead atoms. The van der Waals surface area contributed by atoms with Crippen molar-refractivity contribution >= 4 is 11.9 Å². The van der Waals surface area contributed by atoms with E-state index in [0.717, 1.165) is 25.3 Å². The molecule has 0 radical (unpaired) electrons. The van der Waals surface area contributed by atoms with Gasteiger partial charge in [0.05, 0.1) is 0 Å². The molecular formula is C20H42N6. The molecule has 1 unspecified atom stereocenters. The van der Waals surface area contributed by atoms with E-state index in [9.17, 15) is 0 Å². The van der Waals surface area contributed by atoms with Gasteiger partial charge in [-0.25, -0.2) is 4.99 Å². The highest BCUT2D eigenvalue weighted by Crippen LogP contribution is 2.18. The third-order valence-electron chi connectivity index (χ3n) is 4.55. The van der Waals surface area contributed by atoms with Gasteiger partial charge in [0.25, 0.3) is 0 Å². The second kappa shape index (κ2) is 18.1. The topological polar surface area (TPSA) is 129 Å². The van der Waals surface area contributed by atoms with Crippen LogP contribution >= 0.6 is 0 Å². The van der Waals surface area contributed by atoms with Gasteiger partial charge in [-0.05, 0) is 25.2 Å². The molecule has 0 saturated heterocycles. The largest absolute Gasteiger partial charge is 0.370 e. The molecule has 0 aromatic carbocycles. The van der Waals surface area contributed by atoms with E-state index in [1.54, 1.807) is 6.20 Å². The molecule has 8 N–H and O–H groups in total. The summed E-state index contributed by atoms with van der Waals surface area (Å²) in [7, 11) is 0. The number of hydrogen-bond donors (Lipinski definition) is 4. The van der Waals surface area contributed by atoms with E-state index in [1.807, 2.05) is 6.08 Å². The van der Waals surface area contributed by atoms with Gasteiger partial charge in [-0.2, -0.15) is 0 Å². The fourth-order valence-corrected chi connectivity index (χ4v) is 2.99. The summed E-state index contributed by atoms with van der Waals surface area (Å²) in [5, 5.41) is 0. The molecule has 0 heterocycles. The Labute approximate surface area is 160 Å². The molecule has 6 heteroatoms. The number of hydrogen-bond acceptors (Lipinski definition) is 2. The molecule has 26 heavy (non-hydrogen) atoms. The van der Waals surface area contributed by atoms with Crippen LogP contribution in [0.15, 0.2) is 22.3 Å². The Bertz CT molecular complexity index is 395. The summed E-state index contributed by atoms with van der Waals surface area (Å²) in [6.07, 6.45) is 20.4. The van der Waals surface area contributed by atoms with Crippen LogP contribution in [0.25, 0.3) is 0 Å². The quantitative estimate of drug-likeness (QED) is 0.177. The van der Waals surface area contributed by atoms with Gasteiger partial charge in [0.1, 0.15) is 0 Å². The Kier molecular flexibility index (Phi) is 16.9. The van der Waals surface area contributed by atoms with Gasteiger partial charge >= 0.3 is 0 Å². The molecule has 0 aromatic rings. The minimum atomic E-state index is 0.123. The zero-order valence-electron chi connectivity index (χ0n) is 16.8. The molecule has 0 aromatic heterocycles. The van der Waals surface area contributed by atoms with Gasteiger partial charge in [-0.1, -0.05) is 77.2 Å². The van der Waals surface area contributed by atoms with Crippen molar-refractivity contribution in [1.29, 1.82) is 0 Å². The molecule has 0 aliphatic rings. The van der Waals surface area contributed by atoms with Crippen LogP contribution in [0.2, 0.25) is 0 Å². The lowest BCUT2D eigenvalue weighted by atomic mass is 9.96. The van der Waals surface area contributed by atoms with Crippen molar-refractivity contribution in [1.82, 2.24) is 0 Å². The number of nitrogens with two attached hydrogens (primary N) is 4. The van der Waals surface area contributed by atoms with Crippen LogP contribution in [0.5, 0.6) is 0 Å². The second-order valence-corrected chi connectivity index (χ2v) is 7.25. The molecule has 0 aliphatic carbocycles. The van der Waals surface area contributed by atoms with Crippen molar-refractivity contribution in [2.24, 2.45) is 38.8 Å². The lowest BCUT2D eigenvalue weighted by Gasteiger charge is -2.11. The van der Waals surface area contributed by atoms with E-state index in [0.29, 0.717) is 0 Å².